The van der Waals surface area contributed by atoms with Gasteiger partial charge in [0, 0.05) is 17.1 Å². The number of fused-ring (bicyclic) bond motifs is 3. The lowest BCUT2D eigenvalue weighted by atomic mass is 9.91. The zero-order valence-corrected chi connectivity index (χ0v) is 20.6. The molecule has 2 heteroatoms. The quantitative estimate of drug-likeness (QED) is 0.251. The third-order valence-electron chi connectivity index (χ3n) is 7.30. The third-order valence-corrected chi connectivity index (χ3v) is 7.30. The van der Waals surface area contributed by atoms with Crippen molar-refractivity contribution in [3.63, 3.8) is 0 Å². The molecule has 1 aromatic heterocycles. The molecule has 0 atom stereocenters. The molecule has 0 saturated heterocycles. The Balaban J connectivity index is 1.34. The highest BCUT2D eigenvalue weighted by Gasteiger charge is 2.10. The number of nitriles is 1. The van der Waals surface area contributed by atoms with Crippen LogP contribution in [0.3, 0.4) is 0 Å². The van der Waals surface area contributed by atoms with Crippen LogP contribution in [0.5, 0.6) is 0 Å². The predicted octanol–water partition coefficient (Wildman–Crippen LogP) is 9.41. The molecule has 0 bridgehead atoms. The van der Waals surface area contributed by atoms with E-state index >= 15 is 0 Å². The van der Waals surface area contributed by atoms with Gasteiger partial charge in [-0.15, -0.1) is 0 Å². The first kappa shape index (κ1) is 22.0. The fourth-order valence-electron chi connectivity index (χ4n) is 5.37. The lowest BCUT2D eigenvalue weighted by Gasteiger charge is -2.13. The van der Waals surface area contributed by atoms with E-state index in [0.717, 1.165) is 22.0 Å². The topological polar surface area (TPSA) is 36.7 Å². The molecule has 0 aliphatic carbocycles. The van der Waals surface area contributed by atoms with Crippen molar-refractivity contribution < 1.29 is 0 Å². The minimum Gasteiger partial charge on any atom is -0.256 e. The van der Waals surface area contributed by atoms with Crippen LogP contribution in [-0.4, -0.2) is 4.98 Å². The molecule has 0 unspecified atom stereocenters. The van der Waals surface area contributed by atoms with Crippen LogP contribution in [-0.2, 0) is 0 Å². The molecular weight excluding hydrogens is 460 g/mol. The predicted molar refractivity (Wildman–Crippen MR) is 158 cm³/mol. The molecule has 6 aromatic carbocycles. The summed E-state index contributed by atoms with van der Waals surface area (Å²) in [6, 6.07) is 46.8. The number of aromatic nitrogens is 1. The highest BCUT2D eigenvalue weighted by Crippen LogP contribution is 2.36. The third kappa shape index (κ3) is 3.79. The van der Waals surface area contributed by atoms with Crippen molar-refractivity contribution in [2.24, 2.45) is 0 Å². The minimum atomic E-state index is 0.669. The number of benzene rings is 6. The lowest BCUT2D eigenvalue weighted by molar-refractivity contribution is 1.41. The molecule has 0 aliphatic rings. The molecular formula is C36H22N2. The van der Waals surface area contributed by atoms with Crippen molar-refractivity contribution in [3.05, 3.63) is 139 Å². The van der Waals surface area contributed by atoms with E-state index in [2.05, 4.69) is 108 Å². The Morgan fingerprint density at radius 2 is 1.16 bits per heavy atom. The summed E-state index contributed by atoms with van der Waals surface area (Å²) in [6.45, 7) is 0. The molecule has 0 aliphatic heterocycles. The molecule has 0 saturated carbocycles. The van der Waals surface area contributed by atoms with Crippen LogP contribution in [0.4, 0.5) is 0 Å². The van der Waals surface area contributed by atoms with E-state index in [0.29, 0.717) is 5.56 Å². The van der Waals surface area contributed by atoms with Crippen LogP contribution in [0, 0.1) is 11.3 Å². The molecule has 176 valence electrons. The molecule has 0 fully saturated rings. The van der Waals surface area contributed by atoms with Crippen LogP contribution >= 0.6 is 0 Å². The van der Waals surface area contributed by atoms with Crippen LogP contribution < -0.4 is 0 Å². The fourth-order valence-corrected chi connectivity index (χ4v) is 5.37. The van der Waals surface area contributed by atoms with Crippen molar-refractivity contribution in [3.8, 4) is 39.4 Å². The Hall–Kier alpha value is -5.26. The number of nitrogens with zero attached hydrogens (tertiary/aromatic N) is 2. The first-order chi connectivity index (χ1) is 18.8. The molecule has 7 rings (SSSR count). The average Bonchev–Trinajstić information content (AvgIpc) is 2.99. The van der Waals surface area contributed by atoms with Crippen LogP contribution in [0.15, 0.2) is 134 Å². The monoisotopic (exact) mass is 482 g/mol. The van der Waals surface area contributed by atoms with Crippen molar-refractivity contribution in [2.45, 2.75) is 0 Å². The molecule has 0 radical (unpaired) electrons. The van der Waals surface area contributed by atoms with E-state index in [4.69, 9.17) is 0 Å². The van der Waals surface area contributed by atoms with E-state index in [1.165, 1.54) is 43.8 Å². The largest absolute Gasteiger partial charge is 0.256 e. The molecule has 7 aromatic rings. The Morgan fingerprint density at radius 3 is 2.00 bits per heavy atom. The summed E-state index contributed by atoms with van der Waals surface area (Å²) in [6.07, 6.45) is 1.86. The number of pyridine rings is 1. The second-order valence-corrected chi connectivity index (χ2v) is 9.59. The standard InChI is InChI=1S/C36H22N2/c37-23-24-10-12-25(13-11-24)35-22-32(21-30-5-1-2-8-33(30)35)29-15-14-28-20-31(17-16-27(28)19-29)34-9-3-6-26-7-4-18-38-36(26)34/h1-22H. The summed E-state index contributed by atoms with van der Waals surface area (Å²) >= 11 is 0. The summed E-state index contributed by atoms with van der Waals surface area (Å²) in [7, 11) is 0. The van der Waals surface area contributed by atoms with Crippen molar-refractivity contribution in [2.75, 3.05) is 0 Å². The SMILES string of the molecule is N#Cc1ccc(-c2cc(-c3ccc4cc(-c5cccc6cccnc56)ccc4c3)cc3ccccc23)cc1. The molecule has 38 heavy (non-hydrogen) atoms. The van der Waals surface area contributed by atoms with Crippen LogP contribution in [0.25, 0.3) is 65.8 Å². The average molecular weight is 483 g/mol. The van der Waals surface area contributed by atoms with Gasteiger partial charge in [0.05, 0.1) is 17.1 Å². The van der Waals surface area contributed by atoms with E-state index in [9.17, 15) is 5.26 Å². The van der Waals surface area contributed by atoms with Gasteiger partial charge in [-0.05, 0) is 91.8 Å². The summed E-state index contributed by atoms with van der Waals surface area (Å²) < 4.78 is 0. The molecule has 0 N–H and O–H groups in total. The summed E-state index contributed by atoms with van der Waals surface area (Å²) in [5, 5.41) is 15.2. The van der Waals surface area contributed by atoms with Gasteiger partial charge in [0.2, 0.25) is 0 Å². The fraction of sp³-hybridized carbons (Fsp3) is 0. The second kappa shape index (κ2) is 9.00. The summed E-state index contributed by atoms with van der Waals surface area (Å²) in [5.41, 5.74) is 8.64. The van der Waals surface area contributed by atoms with Gasteiger partial charge in [0.1, 0.15) is 0 Å². The van der Waals surface area contributed by atoms with Gasteiger partial charge < -0.3 is 0 Å². The first-order valence-electron chi connectivity index (χ1n) is 12.7. The van der Waals surface area contributed by atoms with Gasteiger partial charge in [-0.25, -0.2) is 0 Å². The van der Waals surface area contributed by atoms with Crippen molar-refractivity contribution in [1.82, 2.24) is 4.98 Å². The van der Waals surface area contributed by atoms with E-state index in [1.54, 1.807) is 0 Å². The van der Waals surface area contributed by atoms with Crippen molar-refractivity contribution in [1.29, 1.82) is 5.26 Å². The lowest BCUT2D eigenvalue weighted by Crippen LogP contribution is -1.87. The molecule has 1 heterocycles. The van der Waals surface area contributed by atoms with Crippen LogP contribution in [0.1, 0.15) is 5.56 Å². The number of para-hydroxylation sites is 1. The van der Waals surface area contributed by atoms with Gasteiger partial charge in [-0.3, -0.25) is 4.98 Å². The Kier molecular flexibility index (Phi) is 5.20. The van der Waals surface area contributed by atoms with E-state index in [-0.39, 0.29) is 0 Å². The van der Waals surface area contributed by atoms with Gasteiger partial charge in [-0.2, -0.15) is 5.26 Å². The molecule has 0 spiro atoms. The summed E-state index contributed by atoms with van der Waals surface area (Å²) in [4.78, 5) is 4.64. The second-order valence-electron chi connectivity index (χ2n) is 9.59. The minimum absolute atomic E-state index is 0.669. The normalized spacial score (nSPS) is 11.1. The van der Waals surface area contributed by atoms with Gasteiger partial charge in [0.15, 0.2) is 0 Å². The summed E-state index contributed by atoms with van der Waals surface area (Å²) in [5.74, 6) is 0. The number of hydrogen-bond donors (Lipinski definition) is 0. The van der Waals surface area contributed by atoms with Crippen molar-refractivity contribution >= 4 is 32.4 Å². The first-order valence-corrected chi connectivity index (χ1v) is 12.7. The maximum atomic E-state index is 9.23. The Labute approximate surface area is 221 Å². The maximum Gasteiger partial charge on any atom is 0.0991 e. The number of rotatable bonds is 3. The maximum absolute atomic E-state index is 9.23. The molecule has 2 nitrogen and oxygen atoms in total. The highest BCUT2D eigenvalue weighted by molar-refractivity contribution is 6.01. The zero-order valence-electron chi connectivity index (χ0n) is 20.6. The van der Waals surface area contributed by atoms with Gasteiger partial charge >= 0.3 is 0 Å². The van der Waals surface area contributed by atoms with E-state index in [1.807, 2.05) is 36.5 Å². The Morgan fingerprint density at radius 1 is 0.474 bits per heavy atom. The van der Waals surface area contributed by atoms with Gasteiger partial charge in [-0.1, -0.05) is 84.9 Å². The highest BCUT2D eigenvalue weighted by atomic mass is 14.6. The Bertz CT molecular complexity index is 2020. The van der Waals surface area contributed by atoms with Crippen LogP contribution in [0.2, 0.25) is 0 Å². The smallest absolute Gasteiger partial charge is 0.0991 e. The molecule has 0 amide bonds. The van der Waals surface area contributed by atoms with E-state index < -0.39 is 0 Å². The number of hydrogen-bond acceptors (Lipinski definition) is 2. The zero-order chi connectivity index (χ0) is 25.5. The van der Waals surface area contributed by atoms with Gasteiger partial charge in [0.25, 0.3) is 0 Å².